The van der Waals surface area contributed by atoms with Crippen molar-refractivity contribution in [2.45, 2.75) is 13.5 Å². The predicted molar refractivity (Wildman–Crippen MR) is 126 cm³/mol. The number of aryl methyl sites for hydroxylation is 1. The fraction of sp³-hybridized carbons (Fsp3) is 0.160. The van der Waals surface area contributed by atoms with Gasteiger partial charge >= 0.3 is 0 Å². The summed E-state index contributed by atoms with van der Waals surface area (Å²) < 4.78 is 10.7. The summed E-state index contributed by atoms with van der Waals surface area (Å²) >= 11 is 6.09. The van der Waals surface area contributed by atoms with Crippen LogP contribution in [0.25, 0.3) is 5.57 Å². The number of amides is 2. The quantitative estimate of drug-likeness (QED) is 0.521. The Morgan fingerprint density at radius 3 is 2.33 bits per heavy atom. The molecule has 0 saturated heterocycles. The molecule has 0 aliphatic carbocycles. The second kappa shape index (κ2) is 9.34. The number of hydrogen-bond donors (Lipinski definition) is 1. The number of halogens is 1. The highest BCUT2D eigenvalue weighted by Crippen LogP contribution is 2.36. The molecule has 0 saturated carbocycles. The summed E-state index contributed by atoms with van der Waals surface area (Å²) in [6, 6.07) is 14.0. The maximum absolute atomic E-state index is 13.5. The van der Waals surface area contributed by atoms with E-state index in [2.05, 4.69) is 10.3 Å². The number of nitrogens with zero attached hydrogens (tertiary/aromatic N) is 2. The van der Waals surface area contributed by atoms with Gasteiger partial charge in [-0.15, -0.1) is 0 Å². The van der Waals surface area contributed by atoms with Crippen molar-refractivity contribution in [1.82, 2.24) is 9.88 Å². The van der Waals surface area contributed by atoms with Crippen molar-refractivity contribution < 1.29 is 19.1 Å². The Hall–Kier alpha value is -3.84. The lowest BCUT2D eigenvalue weighted by Gasteiger charge is -2.15. The molecule has 2 aromatic carbocycles. The van der Waals surface area contributed by atoms with Crippen LogP contribution in [0, 0.1) is 6.92 Å². The Balaban J connectivity index is 1.80. The molecule has 2 amide bonds. The van der Waals surface area contributed by atoms with Crippen LogP contribution in [-0.4, -0.2) is 35.9 Å². The zero-order chi connectivity index (χ0) is 23.5. The lowest BCUT2D eigenvalue weighted by molar-refractivity contribution is -0.137. The van der Waals surface area contributed by atoms with Crippen LogP contribution in [0.3, 0.4) is 0 Å². The van der Waals surface area contributed by atoms with E-state index in [1.54, 1.807) is 60.9 Å². The summed E-state index contributed by atoms with van der Waals surface area (Å²) in [6.45, 7) is 2.00. The van der Waals surface area contributed by atoms with Crippen molar-refractivity contribution >= 4 is 34.7 Å². The molecule has 1 aromatic heterocycles. The minimum atomic E-state index is -0.420. The van der Waals surface area contributed by atoms with Crippen molar-refractivity contribution in [2.75, 3.05) is 19.5 Å². The topological polar surface area (TPSA) is 80.8 Å². The van der Waals surface area contributed by atoms with E-state index in [0.717, 1.165) is 11.1 Å². The van der Waals surface area contributed by atoms with E-state index in [1.165, 1.54) is 19.1 Å². The summed E-state index contributed by atoms with van der Waals surface area (Å²) in [4.78, 5) is 32.2. The zero-order valence-electron chi connectivity index (χ0n) is 18.4. The van der Waals surface area contributed by atoms with Crippen molar-refractivity contribution in [3.8, 4) is 11.5 Å². The molecule has 33 heavy (non-hydrogen) atoms. The second-order valence-corrected chi connectivity index (χ2v) is 7.89. The van der Waals surface area contributed by atoms with Crippen LogP contribution in [0.4, 0.5) is 5.69 Å². The van der Waals surface area contributed by atoms with Gasteiger partial charge in [-0.05, 0) is 66.1 Å². The summed E-state index contributed by atoms with van der Waals surface area (Å²) in [5, 5.41) is 3.76. The van der Waals surface area contributed by atoms with Gasteiger partial charge in [-0.2, -0.15) is 0 Å². The normalized spacial score (nSPS) is 13.5. The highest BCUT2D eigenvalue weighted by Gasteiger charge is 2.39. The number of aromatic nitrogens is 1. The average molecular weight is 464 g/mol. The second-order valence-electron chi connectivity index (χ2n) is 7.46. The number of hydrogen-bond acceptors (Lipinski definition) is 6. The molecule has 0 radical (unpaired) electrons. The molecule has 7 nitrogen and oxygen atoms in total. The highest BCUT2D eigenvalue weighted by atomic mass is 35.5. The summed E-state index contributed by atoms with van der Waals surface area (Å²) in [6.07, 6.45) is 3.25. The number of carbonyl (C=O) groups is 2. The van der Waals surface area contributed by atoms with Crippen LogP contribution >= 0.6 is 11.6 Å². The van der Waals surface area contributed by atoms with E-state index in [4.69, 9.17) is 21.1 Å². The molecule has 1 aliphatic heterocycles. The van der Waals surface area contributed by atoms with Gasteiger partial charge in [0, 0.05) is 23.1 Å². The van der Waals surface area contributed by atoms with Crippen LogP contribution in [0.1, 0.15) is 16.7 Å². The minimum Gasteiger partial charge on any atom is -0.493 e. The number of methoxy groups -OCH3 is 2. The van der Waals surface area contributed by atoms with E-state index in [0.29, 0.717) is 27.8 Å². The molecule has 3 aromatic rings. The van der Waals surface area contributed by atoms with Crippen molar-refractivity contribution in [1.29, 1.82) is 0 Å². The number of rotatable bonds is 7. The van der Waals surface area contributed by atoms with E-state index in [9.17, 15) is 9.59 Å². The van der Waals surface area contributed by atoms with Crippen LogP contribution in [0.15, 0.2) is 66.6 Å². The molecule has 4 rings (SSSR count). The first-order chi connectivity index (χ1) is 15.9. The third kappa shape index (κ3) is 4.40. The van der Waals surface area contributed by atoms with E-state index < -0.39 is 11.8 Å². The Morgan fingerprint density at radius 1 is 0.939 bits per heavy atom. The number of imide groups is 1. The largest absolute Gasteiger partial charge is 0.493 e. The van der Waals surface area contributed by atoms with Gasteiger partial charge in [-0.3, -0.25) is 19.5 Å². The Labute approximate surface area is 196 Å². The molecule has 8 heteroatoms. The maximum Gasteiger partial charge on any atom is 0.278 e. The van der Waals surface area contributed by atoms with Crippen LogP contribution in [0.5, 0.6) is 11.5 Å². The number of carbonyl (C=O) groups excluding carboxylic acids is 2. The molecular weight excluding hydrogens is 442 g/mol. The van der Waals surface area contributed by atoms with E-state index >= 15 is 0 Å². The van der Waals surface area contributed by atoms with Crippen LogP contribution < -0.4 is 14.8 Å². The standard InChI is InChI=1S/C25H22ClN3O4/c1-15-12-18(26)5-6-19(15)28-23-22(17-4-7-20(32-2)21(13-17)33-3)24(30)29(25(23)31)14-16-8-10-27-11-9-16/h4-13,28H,14H2,1-3H3. The van der Waals surface area contributed by atoms with Gasteiger partial charge in [-0.25, -0.2) is 0 Å². The molecular formula is C25H22ClN3O4. The fourth-order valence-electron chi connectivity index (χ4n) is 3.67. The molecule has 0 spiro atoms. The molecule has 168 valence electrons. The first-order valence-corrected chi connectivity index (χ1v) is 10.6. The molecule has 0 unspecified atom stereocenters. The SMILES string of the molecule is COc1ccc(C2=C(Nc3ccc(Cl)cc3C)C(=O)N(Cc3ccncc3)C2=O)cc1OC. The predicted octanol–water partition coefficient (Wildman–Crippen LogP) is 4.45. The monoisotopic (exact) mass is 463 g/mol. The third-order valence-electron chi connectivity index (χ3n) is 5.38. The minimum absolute atomic E-state index is 0.127. The Bertz CT molecular complexity index is 1260. The Morgan fingerprint density at radius 2 is 1.67 bits per heavy atom. The molecule has 0 atom stereocenters. The van der Waals surface area contributed by atoms with E-state index in [-0.39, 0.29) is 17.8 Å². The van der Waals surface area contributed by atoms with Gasteiger partial charge in [0.05, 0.1) is 26.3 Å². The van der Waals surface area contributed by atoms with Gasteiger partial charge in [0.25, 0.3) is 11.8 Å². The number of pyridine rings is 1. The van der Waals surface area contributed by atoms with Crippen molar-refractivity contribution in [3.05, 3.63) is 88.3 Å². The summed E-state index contributed by atoms with van der Waals surface area (Å²) in [5.74, 6) is 0.154. The lowest BCUT2D eigenvalue weighted by atomic mass is 10.0. The smallest absolute Gasteiger partial charge is 0.278 e. The average Bonchev–Trinajstić information content (AvgIpc) is 3.05. The first kappa shape index (κ1) is 22.4. The first-order valence-electron chi connectivity index (χ1n) is 10.2. The van der Waals surface area contributed by atoms with Crippen LogP contribution in [-0.2, 0) is 16.1 Å². The molecule has 2 heterocycles. The molecule has 0 fully saturated rings. The molecule has 0 bridgehead atoms. The van der Waals surface area contributed by atoms with Crippen molar-refractivity contribution in [3.63, 3.8) is 0 Å². The number of anilines is 1. The number of ether oxygens (including phenoxy) is 2. The molecule has 1 aliphatic rings. The van der Waals surface area contributed by atoms with Gasteiger partial charge in [0.1, 0.15) is 5.70 Å². The fourth-order valence-corrected chi connectivity index (χ4v) is 3.89. The molecule has 1 N–H and O–H groups in total. The summed E-state index contributed by atoms with van der Waals surface area (Å²) in [7, 11) is 3.05. The van der Waals surface area contributed by atoms with Gasteiger partial charge in [0.2, 0.25) is 0 Å². The van der Waals surface area contributed by atoms with Gasteiger partial charge in [-0.1, -0.05) is 17.7 Å². The van der Waals surface area contributed by atoms with Gasteiger partial charge in [0.15, 0.2) is 11.5 Å². The zero-order valence-corrected chi connectivity index (χ0v) is 19.1. The number of benzene rings is 2. The third-order valence-corrected chi connectivity index (χ3v) is 5.61. The Kier molecular flexibility index (Phi) is 6.33. The maximum atomic E-state index is 13.5. The number of nitrogens with one attached hydrogen (secondary N) is 1. The summed E-state index contributed by atoms with van der Waals surface area (Å²) in [5.41, 5.74) is 3.30. The van der Waals surface area contributed by atoms with Crippen LogP contribution in [0.2, 0.25) is 5.02 Å². The lowest BCUT2D eigenvalue weighted by Crippen LogP contribution is -2.32. The van der Waals surface area contributed by atoms with E-state index in [1.807, 2.05) is 6.92 Å². The van der Waals surface area contributed by atoms with Gasteiger partial charge < -0.3 is 14.8 Å². The van der Waals surface area contributed by atoms with Crippen molar-refractivity contribution in [2.24, 2.45) is 0 Å². The highest BCUT2D eigenvalue weighted by molar-refractivity contribution is 6.36.